The lowest BCUT2D eigenvalue weighted by molar-refractivity contribution is -0.125. The van der Waals surface area contributed by atoms with Gasteiger partial charge >= 0.3 is 0 Å². The van der Waals surface area contributed by atoms with Gasteiger partial charge in [0, 0.05) is 35.7 Å². The Balaban J connectivity index is 1.32. The van der Waals surface area contributed by atoms with E-state index in [0.29, 0.717) is 22.7 Å². The molecule has 1 atom stereocenters. The van der Waals surface area contributed by atoms with Gasteiger partial charge in [0.1, 0.15) is 12.1 Å². The molecular weight excluding hydrogens is 533 g/mol. The largest absolute Gasteiger partial charge is 0.342 e. The number of Topliss-reactive ketones (excluding diaryl/α,β-unsaturated/α-hetero) is 1. The van der Waals surface area contributed by atoms with Crippen molar-refractivity contribution >= 4 is 41.3 Å². The van der Waals surface area contributed by atoms with Gasteiger partial charge in [0.15, 0.2) is 5.78 Å². The SMILES string of the molecule is O=C(/C=C/c1cc(Cl)ccc1-n1cnnn1)N[C@@H](Cc1ccc(F)cc1)C(=O)Cc1ccc(C2=NN=CC2)cc1. The topological polar surface area (TPSA) is 114 Å². The molecule has 0 saturated carbocycles. The van der Waals surface area contributed by atoms with Crippen molar-refractivity contribution in [3.63, 3.8) is 0 Å². The molecule has 1 aliphatic heterocycles. The van der Waals surface area contributed by atoms with Gasteiger partial charge in [-0.25, -0.2) is 4.39 Å². The second-order valence-corrected chi connectivity index (χ2v) is 9.51. The van der Waals surface area contributed by atoms with Gasteiger partial charge in [-0.1, -0.05) is 48.0 Å². The maximum absolute atomic E-state index is 13.5. The average Bonchev–Trinajstić information content (AvgIpc) is 3.69. The third kappa shape index (κ3) is 6.78. The standard InChI is InChI=1S/C29H23ClFN7O2/c30-23-8-11-27(38-18-33-36-37-38)22(17-23)7-12-29(40)34-26(15-19-3-9-24(31)10-4-19)28(39)16-20-1-5-21(6-2-20)25-13-14-32-35-25/h1-12,14,17-18,26H,13,15-16H2,(H,34,40)/b12-7+/t26-/m0/s1. The first-order chi connectivity index (χ1) is 19.4. The molecule has 40 heavy (non-hydrogen) atoms. The normalized spacial score (nSPS) is 13.4. The molecule has 5 rings (SSSR count). The summed E-state index contributed by atoms with van der Waals surface area (Å²) < 4.78 is 14.9. The maximum Gasteiger partial charge on any atom is 0.244 e. The molecular formula is C29H23ClFN7O2. The lowest BCUT2D eigenvalue weighted by Gasteiger charge is -2.17. The third-order valence-corrected chi connectivity index (χ3v) is 6.50. The van der Waals surface area contributed by atoms with Crippen LogP contribution in [0.1, 0.15) is 28.7 Å². The summed E-state index contributed by atoms with van der Waals surface area (Å²) >= 11 is 6.16. The summed E-state index contributed by atoms with van der Waals surface area (Å²) in [6, 6.07) is 17.6. The van der Waals surface area contributed by atoms with Crippen molar-refractivity contribution in [2.45, 2.75) is 25.3 Å². The molecule has 2 heterocycles. The van der Waals surface area contributed by atoms with E-state index < -0.39 is 11.9 Å². The van der Waals surface area contributed by atoms with Crippen molar-refractivity contribution in [2.75, 3.05) is 0 Å². The zero-order chi connectivity index (χ0) is 27.9. The Hall–Kier alpha value is -4.83. The first-order valence-electron chi connectivity index (χ1n) is 12.4. The number of carbonyl (C=O) groups is 2. The summed E-state index contributed by atoms with van der Waals surface area (Å²) in [5.74, 6) is -1.04. The molecule has 3 aromatic carbocycles. The van der Waals surface area contributed by atoms with E-state index in [4.69, 9.17) is 11.6 Å². The number of nitrogens with zero attached hydrogens (tertiary/aromatic N) is 6. The number of nitrogens with one attached hydrogen (secondary N) is 1. The maximum atomic E-state index is 13.5. The van der Waals surface area contributed by atoms with Gasteiger partial charge in [-0.15, -0.1) is 5.10 Å². The van der Waals surface area contributed by atoms with Crippen molar-refractivity contribution in [3.05, 3.63) is 112 Å². The van der Waals surface area contributed by atoms with Gasteiger partial charge < -0.3 is 5.32 Å². The molecule has 0 aliphatic carbocycles. The minimum absolute atomic E-state index is 0.108. The first-order valence-corrected chi connectivity index (χ1v) is 12.8. The summed E-state index contributed by atoms with van der Waals surface area (Å²) in [5.41, 5.74) is 4.55. The summed E-state index contributed by atoms with van der Waals surface area (Å²) in [7, 11) is 0. The Morgan fingerprint density at radius 3 is 2.52 bits per heavy atom. The number of rotatable bonds is 10. The molecule has 0 radical (unpaired) electrons. The van der Waals surface area contributed by atoms with E-state index in [2.05, 4.69) is 31.0 Å². The Morgan fingerprint density at radius 2 is 1.82 bits per heavy atom. The quantitative estimate of drug-likeness (QED) is 0.295. The van der Waals surface area contributed by atoms with E-state index in [0.717, 1.165) is 22.4 Å². The molecule has 1 amide bonds. The third-order valence-electron chi connectivity index (χ3n) is 6.27. The molecule has 0 unspecified atom stereocenters. The summed E-state index contributed by atoms with van der Waals surface area (Å²) in [4.78, 5) is 26.4. The van der Waals surface area contributed by atoms with Gasteiger partial charge in [-0.3, -0.25) is 9.59 Å². The van der Waals surface area contributed by atoms with Crippen molar-refractivity contribution in [1.82, 2.24) is 25.5 Å². The number of tetrazole rings is 1. The molecule has 9 nitrogen and oxygen atoms in total. The van der Waals surface area contributed by atoms with E-state index in [1.807, 2.05) is 24.3 Å². The fraction of sp³-hybridized carbons (Fsp3) is 0.138. The molecule has 1 aliphatic rings. The van der Waals surface area contributed by atoms with Crippen LogP contribution in [-0.4, -0.2) is 49.9 Å². The van der Waals surface area contributed by atoms with Crippen LogP contribution < -0.4 is 5.32 Å². The highest BCUT2D eigenvalue weighted by molar-refractivity contribution is 6.30. The van der Waals surface area contributed by atoms with Crippen LogP contribution in [0.3, 0.4) is 0 Å². The summed E-state index contributed by atoms with van der Waals surface area (Å²) in [6.45, 7) is 0. The van der Waals surface area contributed by atoms with E-state index in [-0.39, 0.29) is 24.4 Å². The van der Waals surface area contributed by atoms with Crippen molar-refractivity contribution < 1.29 is 14.0 Å². The number of hydrogen-bond donors (Lipinski definition) is 1. The summed E-state index contributed by atoms with van der Waals surface area (Å²) in [5, 5.41) is 22.4. The minimum Gasteiger partial charge on any atom is -0.342 e. The first kappa shape index (κ1) is 26.8. The number of benzene rings is 3. The van der Waals surface area contributed by atoms with Crippen molar-refractivity contribution in [3.8, 4) is 5.69 Å². The zero-order valence-corrected chi connectivity index (χ0v) is 21.9. The Kier molecular flexibility index (Phi) is 8.26. The van der Waals surface area contributed by atoms with Gasteiger partial charge in [0.25, 0.3) is 0 Å². The second kappa shape index (κ2) is 12.4. The minimum atomic E-state index is -0.840. The average molecular weight is 556 g/mol. The van der Waals surface area contributed by atoms with Crippen LogP contribution in [0.2, 0.25) is 5.02 Å². The van der Waals surface area contributed by atoms with Crippen LogP contribution >= 0.6 is 11.6 Å². The highest BCUT2D eigenvalue weighted by atomic mass is 35.5. The van der Waals surface area contributed by atoms with Crippen molar-refractivity contribution in [1.29, 1.82) is 0 Å². The van der Waals surface area contributed by atoms with Crippen molar-refractivity contribution in [2.24, 2.45) is 10.2 Å². The molecule has 1 aromatic heterocycles. The number of amides is 1. The summed E-state index contributed by atoms with van der Waals surface area (Å²) in [6.07, 6.45) is 7.05. The van der Waals surface area contributed by atoms with E-state index in [9.17, 15) is 14.0 Å². The van der Waals surface area contributed by atoms with Gasteiger partial charge in [-0.2, -0.15) is 14.9 Å². The van der Waals surface area contributed by atoms with Crippen LogP contribution in [0.25, 0.3) is 11.8 Å². The number of hydrogen-bond acceptors (Lipinski definition) is 7. The highest BCUT2D eigenvalue weighted by Crippen LogP contribution is 2.20. The molecule has 0 fully saturated rings. The Morgan fingerprint density at radius 1 is 1.05 bits per heavy atom. The smallest absolute Gasteiger partial charge is 0.244 e. The van der Waals surface area contributed by atoms with Crippen LogP contribution in [-0.2, 0) is 22.4 Å². The van der Waals surface area contributed by atoms with E-state index in [1.54, 1.807) is 42.6 Å². The fourth-order valence-corrected chi connectivity index (χ4v) is 4.40. The van der Waals surface area contributed by atoms with Crippen LogP contribution in [0.4, 0.5) is 4.39 Å². The Bertz CT molecular complexity index is 1600. The number of carbonyl (C=O) groups excluding carboxylic acids is 2. The van der Waals surface area contributed by atoms with Crippen LogP contribution in [0.5, 0.6) is 0 Å². The lowest BCUT2D eigenvalue weighted by atomic mass is 9.96. The number of halogens is 2. The van der Waals surface area contributed by atoms with Gasteiger partial charge in [0.2, 0.25) is 5.91 Å². The predicted molar refractivity (Wildman–Crippen MR) is 150 cm³/mol. The molecule has 0 saturated heterocycles. The fourth-order valence-electron chi connectivity index (χ4n) is 4.22. The molecule has 200 valence electrons. The second-order valence-electron chi connectivity index (χ2n) is 9.07. The van der Waals surface area contributed by atoms with Crippen LogP contribution in [0.15, 0.2) is 89.3 Å². The lowest BCUT2D eigenvalue weighted by Crippen LogP contribution is -2.42. The monoisotopic (exact) mass is 555 g/mol. The number of aromatic nitrogens is 4. The van der Waals surface area contributed by atoms with Crippen LogP contribution in [0, 0.1) is 5.82 Å². The predicted octanol–water partition coefficient (Wildman–Crippen LogP) is 4.19. The molecule has 0 bridgehead atoms. The number of ketones is 1. The van der Waals surface area contributed by atoms with Gasteiger partial charge in [-0.05, 0) is 69.9 Å². The van der Waals surface area contributed by atoms with E-state index >= 15 is 0 Å². The molecule has 1 N–H and O–H groups in total. The zero-order valence-electron chi connectivity index (χ0n) is 21.1. The Labute approximate surface area is 234 Å². The van der Waals surface area contributed by atoms with E-state index in [1.165, 1.54) is 29.2 Å². The molecule has 0 spiro atoms. The molecule has 4 aromatic rings. The van der Waals surface area contributed by atoms with Gasteiger partial charge in [0.05, 0.1) is 17.4 Å². The highest BCUT2D eigenvalue weighted by Gasteiger charge is 2.21. The molecule has 11 heteroatoms.